The van der Waals surface area contributed by atoms with Crippen LogP contribution in [0.2, 0.25) is 0 Å². The summed E-state index contributed by atoms with van der Waals surface area (Å²) < 4.78 is 0. The van der Waals surface area contributed by atoms with Crippen LogP contribution in [0.5, 0.6) is 0 Å². The monoisotopic (exact) mass is 310 g/mol. The zero-order chi connectivity index (χ0) is 14.8. The first-order chi connectivity index (χ1) is 10.2. The highest BCUT2D eigenvalue weighted by atomic mass is 32.2. The van der Waals surface area contributed by atoms with Crippen LogP contribution in [0.1, 0.15) is 58.8 Å². The van der Waals surface area contributed by atoms with Crippen molar-refractivity contribution < 1.29 is 4.79 Å². The van der Waals surface area contributed by atoms with E-state index in [1.807, 2.05) is 11.8 Å². The van der Waals surface area contributed by atoms with Crippen molar-refractivity contribution in [1.29, 1.82) is 0 Å². The van der Waals surface area contributed by atoms with Crippen molar-refractivity contribution in [2.75, 3.05) is 11.5 Å². The first kappa shape index (κ1) is 15.7. The van der Waals surface area contributed by atoms with E-state index in [0.29, 0.717) is 30.0 Å². The minimum absolute atomic E-state index is 0.0650. The van der Waals surface area contributed by atoms with Gasteiger partial charge >= 0.3 is 0 Å². The number of amides is 1. The summed E-state index contributed by atoms with van der Waals surface area (Å²) in [5.74, 6) is 3.99. The number of carbonyl (C=O) groups excluding carboxylic acids is 1. The average Bonchev–Trinajstić information content (AvgIpc) is 3.15. The maximum Gasteiger partial charge on any atom is 0.241 e. The Morgan fingerprint density at radius 3 is 2.52 bits per heavy atom. The first-order valence-corrected chi connectivity index (χ1v) is 10.0. The molecule has 4 heteroatoms. The Labute approximate surface area is 133 Å². The summed E-state index contributed by atoms with van der Waals surface area (Å²) in [5.41, 5.74) is 0. The molecule has 0 aromatic rings. The molecule has 2 saturated heterocycles. The van der Waals surface area contributed by atoms with Crippen molar-refractivity contribution in [1.82, 2.24) is 10.2 Å². The average molecular weight is 311 g/mol. The summed E-state index contributed by atoms with van der Waals surface area (Å²) >= 11 is 2.05. The molecule has 120 valence electrons. The molecule has 1 amide bonds. The number of nitrogens with zero attached hydrogens (tertiary/aromatic N) is 1. The number of rotatable bonds is 4. The summed E-state index contributed by atoms with van der Waals surface area (Å²) in [6, 6.07) is 0.557. The normalized spacial score (nSPS) is 33.8. The minimum atomic E-state index is 0.0650. The highest BCUT2D eigenvalue weighted by Crippen LogP contribution is 2.36. The van der Waals surface area contributed by atoms with E-state index in [9.17, 15) is 4.79 Å². The molecule has 3 unspecified atom stereocenters. The zero-order valence-corrected chi connectivity index (χ0v) is 14.3. The Morgan fingerprint density at radius 2 is 1.90 bits per heavy atom. The van der Waals surface area contributed by atoms with Crippen molar-refractivity contribution in [3.8, 4) is 0 Å². The molecule has 0 radical (unpaired) electrons. The molecule has 2 heterocycles. The van der Waals surface area contributed by atoms with Crippen LogP contribution in [0.4, 0.5) is 0 Å². The SMILES string of the molecule is CCC(C)C1NC(C2CCCC2)N(C2CCSCC2)C1=O. The molecule has 0 bridgehead atoms. The van der Waals surface area contributed by atoms with E-state index in [1.165, 1.54) is 50.0 Å². The van der Waals surface area contributed by atoms with Gasteiger partial charge in [0.15, 0.2) is 0 Å². The lowest BCUT2D eigenvalue weighted by Gasteiger charge is -2.37. The smallest absolute Gasteiger partial charge is 0.241 e. The van der Waals surface area contributed by atoms with Crippen LogP contribution in [0, 0.1) is 11.8 Å². The highest BCUT2D eigenvalue weighted by molar-refractivity contribution is 7.99. The molecule has 3 rings (SSSR count). The summed E-state index contributed by atoms with van der Waals surface area (Å²) in [5, 5.41) is 3.75. The molecule has 1 aliphatic carbocycles. The van der Waals surface area contributed by atoms with E-state index < -0.39 is 0 Å². The Morgan fingerprint density at radius 1 is 1.24 bits per heavy atom. The third kappa shape index (κ3) is 3.12. The largest absolute Gasteiger partial charge is 0.322 e. The van der Waals surface area contributed by atoms with Gasteiger partial charge in [-0.2, -0.15) is 11.8 Å². The van der Waals surface area contributed by atoms with E-state index in [1.54, 1.807) is 0 Å². The summed E-state index contributed by atoms with van der Waals surface area (Å²) in [6.07, 6.45) is 9.08. The topological polar surface area (TPSA) is 32.3 Å². The second-order valence-electron chi connectivity index (χ2n) is 7.11. The molecule has 21 heavy (non-hydrogen) atoms. The minimum Gasteiger partial charge on any atom is -0.322 e. The number of nitrogens with one attached hydrogen (secondary N) is 1. The standard InChI is InChI=1S/C17H30N2OS/c1-3-12(2)15-17(20)19(14-8-10-21-11-9-14)16(18-15)13-6-4-5-7-13/h12-16,18H,3-11H2,1-2H3. The Bertz CT molecular complexity index is 364. The number of carbonyl (C=O) groups is 1. The van der Waals surface area contributed by atoms with Gasteiger partial charge in [-0.15, -0.1) is 0 Å². The van der Waals surface area contributed by atoms with Gasteiger partial charge in [0.2, 0.25) is 5.91 Å². The maximum absolute atomic E-state index is 13.0. The van der Waals surface area contributed by atoms with Crippen LogP contribution >= 0.6 is 11.8 Å². The van der Waals surface area contributed by atoms with Crippen molar-refractivity contribution in [2.45, 2.75) is 77.0 Å². The van der Waals surface area contributed by atoms with Gasteiger partial charge in [0.05, 0.1) is 12.2 Å². The van der Waals surface area contributed by atoms with Crippen molar-refractivity contribution >= 4 is 17.7 Å². The second-order valence-corrected chi connectivity index (χ2v) is 8.33. The first-order valence-electron chi connectivity index (χ1n) is 8.88. The van der Waals surface area contributed by atoms with E-state index in [4.69, 9.17) is 0 Å². The molecular weight excluding hydrogens is 280 g/mol. The fourth-order valence-electron chi connectivity index (χ4n) is 4.28. The maximum atomic E-state index is 13.0. The summed E-state index contributed by atoms with van der Waals surface area (Å²) in [7, 11) is 0. The van der Waals surface area contributed by atoms with E-state index in [2.05, 4.69) is 24.1 Å². The van der Waals surface area contributed by atoms with Gasteiger partial charge in [-0.25, -0.2) is 0 Å². The summed E-state index contributed by atoms with van der Waals surface area (Å²) in [4.78, 5) is 15.3. The third-order valence-corrected chi connectivity index (χ3v) is 6.86. The molecule has 2 aliphatic heterocycles. The van der Waals surface area contributed by atoms with Crippen molar-refractivity contribution in [3.05, 3.63) is 0 Å². The molecular formula is C17H30N2OS. The molecule has 0 aromatic carbocycles. The Hall–Kier alpha value is -0.220. The fraction of sp³-hybridized carbons (Fsp3) is 0.941. The van der Waals surface area contributed by atoms with Crippen molar-refractivity contribution in [3.63, 3.8) is 0 Å². The van der Waals surface area contributed by atoms with Crippen LogP contribution in [0.3, 0.4) is 0 Å². The van der Waals surface area contributed by atoms with E-state index >= 15 is 0 Å². The highest BCUT2D eigenvalue weighted by Gasteiger charge is 2.47. The molecule has 0 aromatic heterocycles. The van der Waals surface area contributed by atoms with Gasteiger partial charge < -0.3 is 4.90 Å². The number of hydrogen-bond acceptors (Lipinski definition) is 3. The second kappa shape index (κ2) is 6.91. The van der Waals surface area contributed by atoms with Crippen molar-refractivity contribution in [2.24, 2.45) is 11.8 Å². The molecule has 3 atom stereocenters. The molecule has 3 fully saturated rings. The van der Waals surface area contributed by atoms with E-state index in [0.717, 1.165) is 6.42 Å². The van der Waals surface area contributed by atoms with Gasteiger partial charge in [0.25, 0.3) is 0 Å². The van der Waals surface area contributed by atoms with Crippen LogP contribution in [0.25, 0.3) is 0 Å². The van der Waals surface area contributed by atoms with Crippen LogP contribution < -0.4 is 5.32 Å². The van der Waals surface area contributed by atoms with Gasteiger partial charge in [-0.1, -0.05) is 33.1 Å². The zero-order valence-electron chi connectivity index (χ0n) is 13.5. The van der Waals surface area contributed by atoms with Gasteiger partial charge in [-0.3, -0.25) is 10.1 Å². The van der Waals surface area contributed by atoms with E-state index in [-0.39, 0.29) is 6.04 Å². The molecule has 3 aliphatic rings. The summed E-state index contributed by atoms with van der Waals surface area (Å²) in [6.45, 7) is 4.42. The van der Waals surface area contributed by atoms with Gasteiger partial charge in [0.1, 0.15) is 0 Å². The predicted molar refractivity (Wildman–Crippen MR) is 89.3 cm³/mol. The fourth-order valence-corrected chi connectivity index (χ4v) is 5.36. The Balaban J connectivity index is 1.78. The Kier molecular flexibility index (Phi) is 5.15. The lowest BCUT2D eigenvalue weighted by Crippen LogP contribution is -2.49. The molecule has 3 nitrogen and oxygen atoms in total. The molecule has 0 spiro atoms. The van der Waals surface area contributed by atoms with Gasteiger partial charge in [-0.05, 0) is 49.0 Å². The molecule has 1 N–H and O–H groups in total. The third-order valence-electron chi connectivity index (χ3n) is 5.81. The van der Waals surface area contributed by atoms with Gasteiger partial charge in [0, 0.05) is 6.04 Å². The van der Waals surface area contributed by atoms with Crippen LogP contribution in [-0.4, -0.2) is 40.6 Å². The predicted octanol–water partition coefficient (Wildman–Crippen LogP) is 3.24. The lowest BCUT2D eigenvalue weighted by molar-refractivity contribution is -0.134. The lowest BCUT2D eigenvalue weighted by atomic mass is 9.99. The number of thioether (sulfide) groups is 1. The van der Waals surface area contributed by atoms with Crippen LogP contribution in [0.15, 0.2) is 0 Å². The molecule has 1 saturated carbocycles. The quantitative estimate of drug-likeness (QED) is 0.865. The van der Waals surface area contributed by atoms with Crippen LogP contribution in [-0.2, 0) is 4.79 Å². The number of hydrogen-bond donors (Lipinski definition) is 1.